The van der Waals surface area contributed by atoms with Gasteiger partial charge in [-0.3, -0.25) is 9.59 Å². The largest absolute Gasteiger partial charge is 0.322 e. The third kappa shape index (κ3) is 4.96. The van der Waals surface area contributed by atoms with E-state index in [0.29, 0.717) is 11.3 Å². The molecule has 0 bridgehead atoms. The fourth-order valence-electron chi connectivity index (χ4n) is 2.54. The Morgan fingerprint density at radius 2 is 1.61 bits per heavy atom. The Morgan fingerprint density at radius 1 is 0.929 bits per heavy atom. The van der Waals surface area contributed by atoms with Gasteiger partial charge in [0.1, 0.15) is 5.82 Å². The van der Waals surface area contributed by atoms with Gasteiger partial charge in [-0.1, -0.05) is 30.3 Å². The molecule has 0 aliphatic heterocycles. The fourth-order valence-corrected chi connectivity index (χ4v) is 2.95. The van der Waals surface area contributed by atoms with Gasteiger partial charge in [0.05, 0.1) is 5.56 Å². The first-order valence-corrected chi connectivity index (χ1v) is 9.82. The Hall–Kier alpha value is -3.18. The minimum absolute atomic E-state index is 0.0296. The van der Waals surface area contributed by atoms with Crippen molar-refractivity contribution < 1.29 is 14.0 Å². The molecule has 0 fully saturated rings. The molecule has 0 aromatic heterocycles. The smallest absolute Gasteiger partial charge is 0.258 e. The molecular weight excluding hydrogens is 373 g/mol. The Kier molecular flexibility index (Phi) is 6.40. The second-order valence-electron chi connectivity index (χ2n) is 5.98. The maximum Gasteiger partial charge on any atom is 0.258 e. The zero-order chi connectivity index (χ0) is 19.9. The molecule has 3 aromatic carbocycles. The molecule has 3 nitrogen and oxygen atoms in total. The number of anilines is 1. The van der Waals surface area contributed by atoms with Crippen LogP contribution in [0.15, 0.2) is 83.8 Å². The van der Waals surface area contributed by atoms with Crippen LogP contribution in [0.3, 0.4) is 0 Å². The molecule has 0 atom stereocenters. The summed E-state index contributed by atoms with van der Waals surface area (Å²) in [5, 5.41) is 2.62. The zero-order valence-electron chi connectivity index (χ0n) is 15.2. The summed E-state index contributed by atoms with van der Waals surface area (Å²) in [6, 6.07) is 20.2. The van der Waals surface area contributed by atoms with Crippen LogP contribution in [0.1, 0.15) is 26.3 Å². The highest BCUT2D eigenvalue weighted by Gasteiger charge is 2.11. The summed E-state index contributed by atoms with van der Waals surface area (Å²) in [6.45, 7) is 0. The number of halogens is 1. The number of hydrogen-bond donors (Lipinski definition) is 1. The molecule has 1 N–H and O–H groups in total. The number of carbonyl (C=O) groups is 2. The molecule has 3 rings (SSSR count). The average molecular weight is 391 g/mol. The first-order chi connectivity index (χ1) is 13.6. The average Bonchev–Trinajstić information content (AvgIpc) is 2.73. The lowest BCUT2D eigenvalue weighted by Gasteiger charge is -2.06. The van der Waals surface area contributed by atoms with Gasteiger partial charge < -0.3 is 5.32 Å². The molecule has 1 amide bonds. The van der Waals surface area contributed by atoms with Crippen molar-refractivity contribution in [1.29, 1.82) is 0 Å². The highest BCUT2D eigenvalue weighted by atomic mass is 32.2. The number of benzene rings is 3. The van der Waals surface area contributed by atoms with Gasteiger partial charge in [-0.2, -0.15) is 0 Å². The van der Waals surface area contributed by atoms with E-state index in [2.05, 4.69) is 5.32 Å². The molecule has 0 spiro atoms. The lowest BCUT2D eigenvalue weighted by atomic mass is 10.1. The molecule has 0 radical (unpaired) electrons. The van der Waals surface area contributed by atoms with Gasteiger partial charge in [-0.05, 0) is 66.4 Å². The number of ketones is 1. The monoisotopic (exact) mass is 391 g/mol. The molecule has 0 aliphatic carbocycles. The predicted molar refractivity (Wildman–Crippen MR) is 112 cm³/mol. The number of carbonyl (C=O) groups excluding carboxylic acids is 2. The van der Waals surface area contributed by atoms with E-state index in [4.69, 9.17) is 0 Å². The summed E-state index contributed by atoms with van der Waals surface area (Å²) in [7, 11) is 0. The topological polar surface area (TPSA) is 46.2 Å². The number of thioether (sulfide) groups is 1. The van der Waals surface area contributed by atoms with Gasteiger partial charge in [0.2, 0.25) is 0 Å². The minimum atomic E-state index is -0.581. The summed E-state index contributed by atoms with van der Waals surface area (Å²) in [6.07, 6.45) is 5.29. The minimum Gasteiger partial charge on any atom is -0.322 e. The summed E-state index contributed by atoms with van der Waals surface area (Å²) in [5.74, 6) is -1.26. The maximum atomic E-state index is 13.7. The molecule has 140 valence electrons. The lowest BCUT2D eigenvalue weighted by molar-refractivity contribution is 0.102. The lowest BCUT2D eigenvalue weighted by Crippen LogP contribution is -2.13. The quantitative estimate of drug-likeness (QED) is 0.333. The van der Waals surface area contributed by atoms with E-state index < -0.39 is 11.7 Å². The Labute approximate surface area is 167 Å². The Balaban J connectivity index is 1.64. The van der Waals surface area contributed by atoms with Crippen LogP contribution in [0, 0.1) is 5.82 Å². The van der Waals surface area contributed by atoms with E-state index in [1.54, 1.807) is 48.2 Å². The van der Waals surface area contributed by atoms with Gasteiger partial charge in [0.25, 0.3) is 5.91 Å². The molecule has 28 heavy (non-hydrogen) atoms. The summed E-state index contributed by atoms with van der Waals surface area (Å²) in [5.41, 5.74) is 1.90. The number of hydrogen-bond acceptors (Lipinski definition) is 3. The normalized spacial score (nSPS) is 10.8. The summed E-state index contributed by atoms with van der Waals surface area (Å²) >= 11 is 1.66. The third-order valence-corrected chi connectivity index (χ3v) is 4.83. The van der Waals surface area contributed by atoms with Crippen LogP contribution < -0.4 is 5.32 Å². The Morgan fingerprint density at radius 3 is 2.25 bits per heavy atom. The number of nitrogens with one attached hydrogen (secondary N) is 1. The van der Waals surface area contributed by atoms with Gasteiger partial charge >= 0.3 is 0 Å². The van der Waals surface area contributed by atoms with E-state index in [0.717, 1.165) is 10.5 Å². The van der Waals surface area contributed by atoms with Crippen LogP contribution in [0.5, 0.6) is 0 Å². The van der Waals surface area contributed by atoms with Gasteiger partial charge in [-0.15, -0.1) is 11.8 Å². The van der Waals surface area contributed by atoms with Crippen molar-refractivity contribution in [3.05, 3.63) is 101 Å². The van der Waals surface area contributed by atoms with Gasteiger partial charge in [-0.25, -0.2) is 4.39 Å². The van der Waals surface area contributed by atoms with E-state index in [1.807, 2.05) is 30.5 Å². The van der Waals surface area contributed by atoms with Crippen LogP contribution in [-0.2, 0) is 0 Å². The number of rotatable bonds is 6. The van der Waals surface area contributed by atoms with Crippen LogP contribution >= 0.6 is 11.8 Å². The molecule has 0 heterocycles. The molecular formula is C23H18FNO2S. The van der Waals surface area contributed by atoms with Crippen molar-refractivity contribution in [2.75, 3.05) is 11.6 Å². The summed E-state index contributed by atoms with van der Waals surface area (Å²) < 4.78 is 13.7. The van der Waals surface area contributed by atoms with Crippen molar-refractivity contribution in [1.82, 2.24) is 0 Å². The van der Waals surface area contributed by atoms with Crippen molar-refractivity contribution in [2.24, 2.45) is 0 Å². The highest BCUT2D eigenvalue weighted by Crippen LogP contribution is 2.17. The second-order valence-corrected chi connectivity index (χ2v) is 6.86. The SMILES string of the molecule is CSc1ccc(/C=C/C(=O)c2ccc(NC(=O)c3ccccc3F)cc2)cc1. The Bertz CT molecular complexity index is 1010. The van der Waals surface area contributed by atoms with E-state index in [-0.39, 0.29) is 11.3 Å². The fraction of sp³-hybridized carbons (Fsp3) is 0.0435. The number of amides is 1. The molecule has 0 aliphatic rings. The second kappa shape index (κ2) is 9.15. The highest BCUT2D eigenvalue weighted by molar-refractivity contribution is 7.98. The van der Waals surface area contributed by atoms with Crippen LogP contribution in [-0.4, -0.2) is 17.9 Å². The molecule has 0 saturated heterocycles. The predicted octanol–water partition coefficient (Wildman–Crippen LogP) is 5.70. The van der Waals surface area contributed by atoms with Crippen LogP contribution in [0.25, 0.3) is 6.08 Å². The van der Waals surface area contributed by atoms with Crippen molar-refractivity contribution in [3.63, 3.8) is 0 Å². The van der Waals surface area contributed by atoms with Crippen LogP contribution in [0.4, 0.5) is 10.1 Å². The van der Waals surface area contributed by atoms with E-state index in [9.17, 15) is 14.0 Å². The maximum absolute atomic E-state index is 13.7. The third-order valence-electron chi connectivity index (χ3n) is 4.09. The van der Waals surface area contributed by atoms with Crippen molar-refractivity contribution >= 4 is 35.2 Å². The molecule has 0 saturated carbocycles. The summed E-state index contributed by atoms with van der Waals surface area (Å²) in [4.78, 5) is 25.6. The van der Waals surface area contributed by atoms with Gasteiger partial charge in [0.15, 0.2) is 5.78 Å². The molecule has 5 heteroatoms. The van der Waals surface area contributed by atoms with Crippen molar-refractivity contribution in [3.8, 4) is 0 Å². The standard InChI is InChI=1S/C23H18FNO2S/c1-28-19-13-6-16(7-14-19)8-15-22(26)17-9-11-18(12-10-17)25-23(27)20-4-2-3-5-21(20)24/h2-15H,1H3,(H,25,27)/b15-8+. The first kappa shape index (κ1) is 19.6. The molecule has 0 unspecified atom stereocenters. The van der Waals surface area contributed by atoms with Crippen molar-refractivity contribution in [2.45, 2.75) is 4.90 Å². The molecule has 3 aromatic rings. The first-order valence-electron chi connectivity index (χ1n) is 8.59. The van der Waals surface area contributed by atoms with Crippen LogP contribution in [0.2, 0.25) is 0 Å². The zero-order valence-corrected chi connectivity index (χ0v) is 16.0. The van der Waals surface area contributed by atoms with E-state index >= 15 is 0 Å². The van der Waals surface area contributed by atoms with Gasteiger partial charge in [0, 0.05) is 16.1 Å². The number of allylic oxidation sites excluding steroid dienone is 1. The van der Waals surface area contributed by atoms with E-state index in [1.165, 1.54) is 24.3 Å².